The summed E-state index contributed by atoms with van der Waals surface area (Å²) in [6, 6.07) is 31.3. The molecule has 0 spiro atoms. The van der Waals surface area contributed by atoms with Crippen molar-refractivity contribution in [2.24, 2.45) is 0 Å². The molecule has 0 N–H and O–H groups in total. The quantitative estimate of drug-likeness (QED) is 0.184. The molecular formula is C48H30N2O. The van der Waals surface area contributed by atoms with Crippen molar-refractivity contribution in [1.82, 2.24) is 9.97 Å². The summed E-state index contributed by atoms with van der Waals surface area (Å²) < 4.78 is 99.5. The monoisotopic (exact) mass is 661 g/mol. The van der Waals surface area contributed by atoms with Crippen LogP contribution in [0.5, 0.6) is 0 Å². The minimum Gasteiger partial charge on any atom is -0.456 e. The van der Waals surface area contributed by atoms with Crippen molar-refractivity contribution in [3.63, 3.8) is 0 Å². The molecule has 3 heteroatoms. The molecule has 0 amide bonds. The zero-order valence-corrected chi connectivity index (χ0v) is 26.8. The Hall–Kier alpha value is -6.84. The van der Waals surface area contributed by atoms with Gasteiger partial charge in [-0.2, -0.15) is 0 Å². The molecule has 8 aromatic carbocycles. The molecule has 3 nitrogen and oxygen atoms in total. The second-order valence-electron chi connectivity index (χ2n) is 12.2. The van der Waals surface area contributed by atoms with E-state index in [1.165, 1.54) is 0 Å². The number of hydrogen-bond donors (Lipinski definition) is 0. The van der Waals surface area contributed by atoms with Gasteiger partial charge in [-0.15, -0.1) is 0 Å². The molecule has 2 aromatic heterocycles. The minimum absolute atomic E-state index is 0.00455. The number of nitrogens with zero attached hydrogens (tertiary/aromatic N) is 2. The summed E-state index contributed by atoms with van der Waals surface area (Å²) in [4.78, 5) is 10.2. The molecule has 2 heterocycles. The van der Waals surface area contributed by atoms with E-state index in [0.717, 1.165) is 32.7 Å². The molecule has 0 atom stereocenters. The zero-order valence-electron chi connectivity index (χ0n) is 37.8. The highest BCUT2D eigenvalue weighted by Gasteiger charge is 2.18. The summed E-state index contributed by atoms with van der Waals surface area (Å²) in [5, 5.41) is 3.54. The van der Waals surface area contributed by atoms with E-state index in [0.29, 0.717) is 50.6 Å². The first-order chi connectivity index (χ1) is 29.8. The van der Waals surface area contributed by atoms with Gasteiger partial charge in [0.15, 0.2) is 5.82 Å². The van der Waals surface area contributed by atoms with Gasteiger partial charge in [0.05, 0.1) is 26.5 Å². The van der Waals surface area contributed by atoms with Gasteiger partial charge in [-0.3, -0.25) is 0 Å². The highest BCUT2D eigenvalue weighted by molar-refractivity contribution is 6.12. The van der Waals surface area contributed by atoms with E-state index in [4.69, 9.17) is 29.5 Å². The van der Waals surface area contributed by atoms with Crippen molar-refractivity contribution in [1.29, 1.82) is 0 Å². The summed E-state index contributed by atoms with van der Waals surface area (Å²) in [6.07, 6.45) is 0. The molecule has 0 fully saturated rings. The second kappa shape index (κ2) is 11.9. The zero-order chi connectivity index (χ0) is 43.3. The van der Waals surface area contributed by atoms with Crippen LogP contribution in [0.25, 0.3) is 99.6 Å². The first-order valence-electron chi connectivity index (χ1n) is 21.8. The number of hydrogen-bond acceptors (Lipinski definition) is 3. The van der Waals surface area contributed by atoms with Crippen molar-refractivity contribution < 1.29 is 19.5 Å². The Kier molecular flexibility index (Phi) is 4.68. The van der Waals surface area contributed by atoms with E-state index in [2.05, 4.69) is 0 Å². The highest BCUT2D eigenvalue weighted by Crippen LogP contribution is 2.39. The molecule has 0 aliphatic heterocycles. The SMILES string of the molecule is [2H]c1c([2H])c([2H])c(-c2ccccc2-c2cc(-c3cccc4oc5ccccc5c34)nc(-c3ccc4cc(-c5cc6c([2H])c([2H])c([2H])c([2H])c6c([2H])c5[2H])ccc4c3)n2)c([2H])c1[2H]. The third kappa shape index (κ3) is 5.15. The number of benzene rings is 8. The summed E-state index contributed by atoms with van der Waals surface area (Å²) in [5.41, 5.74) is 5.81. The molecule has 0 unspecified atom stereocenters. The number of aromatic nitrogens is 2. The van der Waals surface area contributed by atoms with Gasteiger partial charge in [-0.05, 0) is 80.2 Å². The number of rotatable bonds is 5. The Morgan fingerprint density at radius 3 is 1.92 bits per heavy atom. The maximum Gasteiger partial charge on any atom is 0.160 e. The fraction of sp³-hybridized carbons (Fsp3) is 0. The van der Waals surface area contributed by atoms with Crippen molar-refractivity contribution in [3.05, 3.63) is 182 Å². The van der Waals surface area contributed by atoms with Gasteiger partial charge in [0.1, 0.15) is 11.2 Å². The predicted octanol–water partition coefficient (Wildman–Crippen LogP) is 13.0. The van der Waals surface area contributed by atoms with E-state index in [-0.39, 0.29) is 52.6 Å². The molecule has 0 aliphatic carbocycles. The summed E-state index contributed by atoms with van der Waals surface area (Å²) in [5.74, 6) is 0.361. The van der Waals surface area contributed by atoms with Crippen LogP contribution < -0.4 is 0 Å². The molecular weight excluding hydrogens is 621 g/mol. The van der Waals surface area contributed by atoms with E-state index in [1.807, 2.05) is 91.0 Å². The van der Waals surface area contributed by atoms with Crippen molar-refractivity contribution in [2.75, 3.05) is 0 Å². The Morgan fingerprint density at radius 1 is 0.412 bits per heavy atom. The van der Waals surface area contributed by atoms with Crippen LogP contribution in [0, 0.1) is 0 Å². The van der Waals surface area contributed by atoms with E-state index in [9.17, 15) is 0 Å². The van der Waals surface area contributed by atoms with Crippen LogP contribution in [0.15, 0.2) is 186 Å². The largest absolute Gasteiger partial charge is 0.456 e. The predicted molar refractivity (Wildman–Crippen MR) is 212 cm³/mol. The molecule has 0 radical (unpaired) electrons. The lowest BCUT2D eigenvalue weighted by Gasteiger charge is -2.14. The van der Waals surface area contributed by atoms with E-state index < -0.39 is 30.2 Å². The first kappa shape index (κ1) is 20.0. The van der Waals surface area contributed by atoms with Gasteiger partial charge in [-0.25, -0.2) is 9.97 Å². The van der Waals surface area contributed by atoms with Gasteiger partial charge in [-0.1, -0.05) is 145 Å². The lowest BCUT2D eigenvalue weighted by Crippen LogP contribution is -1.97. The van der Waals surface area contributed by atoms with E-state index in [1.54, 1.807) is 24.3 Å². The Labute approximate surface area is 310 Å². The van der Waals surface area contributed by atoms with Crippen molar-refractivity contribution >= 4 is 43.5 Å². The Bertz CT molecular complexity index is 3540. The van der Waals surface area contributed by atoms with Gasteiger partial charge < -0.3 is 4.42 Å². The van der Waals surface area contributed by atoms with Gasteiger partial charge in [0, 0.05) is 27.5 Å². The van der Waals surface area contributed by atoms with Crippen LogP contribution in [0.4, 0.5) is 0 Å². The first-order valence-corrected chi connectivity index (χ1v) is 16.3. The van der Waals surface area contributed by atoms with Crippen LogP contribution in [0.1, 0.15) is 15.1 Å². The third-order valence-corrected chi connectivity index (χ3v) is 9.11. The number of fused-ring (bicyclic) bond motifs is 5. The van der Waals surface area contributed by atoms with Gasteiger partial charge >= 0.3 is 0 Å². The van der Waals surface area contributed by atoms with Gasteiger partial charge in [0.25, 0.3) is 0 Å². The van der Waals surface area contributed by atoms with Crippen LogP contribution in [0.2, 0.25) is 0 Å². The number of para-hydroxylation sites is 1. The normalized spacial score (nSPS) is 14.5. The standard InChI is InChI=1S/C48H30N2O/c1-2-12-32(13-3-1)39-15-6-7-16-40(39)43-30-44(41-18-10-20-46-47(41)42-17-8-9-19-45(42)51-46)50-48(49-43)38-26-25-36-28-35(23-24-37(36)29-38)34-22-21-31-11-4-5-14-33(31)27-34/h1-30H/i1D,2D,3D,4D,5D,11D,12D,13D,14D,21D,22D. The summed E-state index contributed by atoms with van der Waals surface area (Å²) in [7, 11) is 0. The van der Waals surface area contributed by atoms with Crippen LogP contribution >= 0.6 is 0 Å². The third-order valence-electron chi connectivity index (χ3n) is 9.11. The van der Waals surface area contributed by atoms with Crippen LogP contribution in [-0.2, 0) is 0 Å². The lowest BCUT2D eigenvalue weighted by molar-refractivity contribution is 0.669. The smallest absolute Gasteiger partial charge is 0.160 e. The Morgan fingerprint density at radius 2 is 1.06 bits per heavy atom. The Balaban J connectivity index is 1.17. The highest BCUT2D eigenvalue weighted by atomic mass is 16.3. The molecule has 0 saturated carbocycles. The second-order valence-corrected chi connectivity index (χ2v) is 12.2. The molecule has 0 saturated heterocycles. The fourth-order valence-electron chi connectivity index (χ4n) is 6.70. The topological polar surface area (TPSA) is 38.9 Å². The maximum atomic E-state index is 8.84. The molecule has 0 bridgehead atoms. The summed E-state index contributed by atoms with van der Waals surface area (Å²) >= 11 is 0. The van der Waals surface area contributed by atoms with E-state index >= 15 is 0 Å². The number of furan rings is 1. The summed E-state index contributed by atoms with van der Waals surface area (Å²) in [6.45, 7) is 0. The minimum atomic E-state index is -0.480. The van der Waals surface area contributed by atoms with Gasteiger partial charge in [0.2, 0.25) is 0 Å². The average molecular weight is 662 g/mol. The average Bonchev–Trinajstić information content (AvgIpc) is 3.68. The molecule has 51 heavy (non-hydrogen) atoms. The van der Waals surface area contributed by atoms with Crippen LogP contribution in [-0.4, -0.2) is 9.97 Å². The lowest BCUT2D eigenvalue weighted by atomic mass is 9.95. The molecule has 238 valence electrons. The molecule has 10 rings (SSSR count). The van der Waals surface area contributed by atoms with Crippen molar-refractivity contribution in [3.8, 4) is 56.2 Å². The van der Waals surface area contributed by atoms with Crippen LogP contribution in [0.3, 0.4) is 0 Å². The van der Waals surface area contributed by atoms with Crippen molar-refractivity contribution in [2.45, 2.75) is 0 Å². The fourth-order valence-corrected chi connectivity index (χ4v) is 6.70. The maximum absolute atomic E-state index is 8.84. The molecule has 10 aromatic rings. The molecule has 0 aliphatic rings.